The van der Waals surface area contributed by atoms with Crippen LogP contribution in [-0.2, 0) is 14.5 Å². The van der Waals surface area contributed by atoms with Crippen molar-refractivity contribution in [2.45, 2.75) is 45.0 Å². The highest BCUT2D eigenvalue weighted by Crippen LogP contribution is 2.14. The molecule has 1 rings (SSSR count). The summed E-state index contributed by atoms with van der Waals surface area (Å²) in [6.45, 7) is 2.19. The standard InChI is InChI=1S/C10H18O3/c1-3-4-5-6-9-7-8-10(11-2)13-12-9/h7-10H,3-6H2,1-2H3/t9-,10-/m0/s1. The van der Waals surface area contributed by atoms with E-state index in [1.807, 2.05) is 12.2 Å². The average Bonchev–Trinajstić information content (AvgIpc) is 2.19. The van der Waals surface area contributed by atoms with Crippen molar-refractivity contribution < 1.29 is 14.5 Å². The van der Waals surface area contributed by atoms with Crippen LogP contribution in [0.2, 0.25) is 0 Å². The Bertz CT molecular complexity index is 156. The van der Waals surface area contributed by atoms with Gasteiger partial charge in [-0.15, -0.1) is 0 Å². The van der Waals surface area contributed by atoms with E-state index in [1.165, 1.54) is 19.3 Å². The zero-order valence-electron chi connectivity index (χ0n) is 8.36. The highest BCUT2D eigenvalue weighted by molar-refractivity contribution is 4.93. The molecule has 0 aliphatic carbocycles. The number of methoxy groups -OCH3 is 1. The van der Waals surface area contributed by atoms with E-state index >= 15 is 0 Å². The molecule has 0 bridgehead atoms. The number of hydrogen-bond acceptors (Lipinski definition) is 3. The fraction of sp³-hybridized carbons (Fsp3) is 0.800. The molecule has 3 nitrogen and oxygen atoms in total. The van der Waals surface area contributed by atoms with Gasteiger partial charge in [-0.2, -0.15) is 4.89 Å². The van der Waals surface area contributed by atoms with Crippen LogP contribution >= 0.6 is 0 Å². The Kier molecular flexibility index (Phi) is 5.05. The van der Waals surface area contributed by atoms with Crippen LogP contribution in [0.5, 0.6) is 0 Å². The Morgan fingerprint density at radius 2 is 2.08 bits per heavy atom. The maximum Gasteiger partial charge on any atom is 0.210 e. The minimum Gasteiger partial charge on any atom is -0.350 e. The van der Waals surface area contributed by atoms with Crippen molar-refractivity contribution in [3.8, 4) is 0 Å². The lowest BCUT2D eigenvalue weighted by molar-refractivity contribution is -0.383. The predicted octanol–water partition coefficient (Wildman–Crippen LogP) is 2.43. The highest BCUT2D eigenvalue weighted by Gasteiger charge is 2.15. The highest BCUT2D eigenvalue weighted by atomic mass is 17.2. The van der Waals surface area contributed by atoms with Gasteiger partial charge in [-0.3, -0.25) is 0 Å². The number of unbranched alkanes of at least 4 members (excludes halogenated alkanes) is 2. The van der Waals surface area contributed by atoms with Gasteiger partial charge in [-0.25, -0.2) is 4.89 Å². The van der Waals surface area contributed by atoms with E-state index < -0.39 is 0 Å². The minimum absolute atomic E-state index is 0.109. The van der Waals surface area contributed by atoms with Gasteiger partial charge < -0.3 is 4.74 Å². The molecular formula is C10H18O3. The topological polar surface area (TPSA) is 27.7 Å². The average molecular weight is 186 g/mol. The molecule has 13 heavy (non-hydrogen) atoms. The molecule has 1 aliphatic rings. The molecule has 3 heteroatoms. The third-order valence-electron chi connectivity index (χ3n) is 2.08. The Labute approximate surface area is 79.6 Å². The molecular weight excluding hydrogens is 168 g/mol. The molecule has 1 heterocycles. The fourth-order valence-corrected chi connectivity index (χ4v) is 1.26. The van der Waals surface area contributed by atoms with Gasteiger partial charge in [-0.1, -0.05) is 32.3 Å². The van der Waals surface area contributed by atoms with Crippen molar-refractivity contribution in [3.63, 3.8) is 0 Å². The van der Waals surface area contributed by atoms with Crippen molar-refractivity contribution >= 4 is 0 Å². The minimum atomic E-state index is -0.331. The smallest absolute Gasteiger partial charge is 0.210 e. The van der Waals surface area contributed by atoms with Crippen LogP contribution in [0.4, 0.5) is 0 Å². The molecule has 0 aromatic heterocycles. The van der Waals surface area contributed by atoms with E-state index in [-0.39, 0.29) is 12.4 Å². The van der Waals surface area contributed by atoms with Crippen LogP contribution in [0, 0.1) is 0 Å². The number of rotatable bonds is 5. The fourth-order valence-electron chi connectivity index (χ4n) is 1.26. The maximum absolute atomic E-state index is 5.12. The van der Waals surface area contributed by atoms with Crippen molar-refractivity contribution in [1.82, 2.24) is 0 Å². The third-order valence-corrected chi connectivity index (χ3v) is 2.08. The Morgan fingerprint density at radius 3 is 2.62 bits per heavy atom. The molecule has 2 atom stereocenters. The van der Waals surface area contributed by atoms with Gasteiger partial charge in [0.25, 0.3) is 0 Å². The molecule has 0 saturated heterocycles. The predicted molar refractivity (Wildman–Crippen MR) is 50.0 cm³/mol. The van der Waals surface area contributed by atoms with Crippen LogP contribution in [-0.4, -0.2) is 19.5 Å². The van der Waals surface area contributed by atoms with Gasteiger partial charge in [-0.05, 0) is 12.5 Å². The monoisotopic (exact) mass is 186 g/mol. The van der Waals surface area contributed by atoms with Gasteiger partial charge in [0, 0.05) is 7.11 Å². The van der Waals surface area contributed by atoms with E-state index in [1.54, 1.807) is 7.11 Å². The molecule has 0 saturated carbocycles. The Morgan fingerprint density at radius 1 is 1.23 bits per heavy atom. The van der Waals surface area contributed by atoms with Crippen LogP contribution in [0.15, 0.2) is 12.2 Å². The number of ether oxygens (including phenoxy) is 1. The second kappa shape index (κ2) is 6.13. The van der Waals surface area contributed by atoms with Gasteiger partial charge in [0.05, 0.1) is 0 Å². The normalized spacial score (nSPS) is 27.8. The summed E-state index contributed by atoms with van der Waals surface area (Å²) in [7, 11) is 1.59. The first-order chi connectivity index (χ1) is 6.36. The lowest BCUT2D eigenvalue weighted by Crippen LogP contribution is -2.23. The summed E-state index contributed by atoms with van der Waals surface area (Å²) < 4.78 is 4.93. The summed E-state index contributed by atoms with van der Waals surface area (Å²) in [5.74, 6) is 0. The first kappa shape index (κ1) is 10.7. The largest absolute Gasteiger partial charge is 0.350 e. The summed E-state index contributed by atoms with van der Waals surface area (Å²) in [5, 5.41) is 0. The molecule has 0 aromatic carbocycles. The second-order valence-electron chi connectivity index (χ2n) is 3.22. The van der Waals surface area contributed by atoms with Gasteiger partial charge in [0.1, 0.15) is 6.10 Å². The van der Waals surface area contributed by atoms with Crippen molar-refractivity contribution in [2.75, 3.05) is 7.11 Å². The van der Waals surface area contributed by atoms with Crippen LogP contribution in [0.3, 0.4) is 0 Å². The van der Waals surface area contributed by atoms with E-state index in [4.69, 9.17) is 14.5 Å². The second-order valence-corrected chi connectivity index (χ2v) is 3.22. The Hall–Kier alpha value is -0.380. The molecule has 0 aromatic rings. The Balaban J connectivity index is 2.15. The van der Waals surface area contributed by atoms with Crippen molar-refractivity contribution in [1.29, 1.82) is 0 Å². The molecule has 0 N–H and O–H groups in total. The van der Waals surface area contributed by atoms with Gasteiger partial charge >= 0.3 is 0 Å². The summed E-state index contributed by atoms with van der Waals surface area (Å²) in [6.07, 6.45) is 8.38. The summed E-state index contributed by atoms with van der Waals surface area (Å²) in [6, 6.07) is 0. The van der Waals surface area contributed by atoms with Crippen molar-refractivity contribution in [3.05, 3.63) is 12.2 Å². The van der Waals surface area contributed by atoms with Gasteiger partial charge in [0.15, 0.2) is 0 Å². The summed E-state index contributed by atoms with van der Waals surface area (Å²) >= 11 is 0. The SMILES string of the molecule is CCCCC[C@H]1C=C[C@@H](OC)OO1. The maximum atomic E-state index is 5.12. The quantitative estimate of drug-likeness (QED) is 0.375. The third kappa shape index (κ3) is 3.89. The van der Waals surface area contributed by atoms with Crippen LogP contribution in [0.25, 0.3) is 0 Å². The van der Waals surface area contributed by atoms with Crippen LogP contribution < -0.4 is 0 Å². The molecule has 0 radical (unpaired) electrons. The zero-order valence-corrected chi connectivity index (χ0v) is 8.36. The number of hydrogen-bond donors (Lipinski definition) is 0. The summed E-state index contributed by atoms with van der Waals surface area (Å²) in [5.41, 5.74) is 0. The lowest BCUT2D eigenvalue weighted by atomic mass is 10.1. The van der Waals surface area contributed by atoms with E-state index in [0.29, 0.717) is 0 Å². The van der Waals surface area contributed by atoms with Crippen molar-refractivity contribution in [2.24, 2.45) is 0 Å². The van der Waals surface area contributed by atoms with Gasteiger partial charge in [0.2, 0.25) is 6.29 Å². The molecule has 0 fully saturated rings. The van der Waals surface area contributed by atoms with E-state index in [9.17, 15) is 0 Å². The molecule has 0 spiro atoms. The molecule has 76 valence electrons. The van der Waals surface area contributed by atoms with E-state index in [0.717, 1.165) is 6.42 Å². The molecule has 1 aliphatic heterocycles. The lowest BCUT2D eigenvalue weighted by Gasteiger charge is -2.21. The molecule has 0 unspecified atom stereocenters. The first-order valence-corrected chi connectivity index (χ1v) is 4.90. The van der Waals surface area contributed by atoms with E-state index in [2.05, 4.69) is 6.92 Å². The zero-order chi connectivity index (χ0) is 9.52. The van der Waals surface area contributed by atoms with Crippen LogP contribution in [0.1, 0.15) is 32.6 Å². The molecule has 0 amide bonds. The first-order valence-electron chi connectivity index (χ1n) is 4.90. The summed E-state index contributed by atoms with van der Waals surface area (Å²) in [4.78, 5) is 10.1.